The average Bonchev–Trinajstić information content (AvgIpc) is 2.55. The van der Waals surface area contributed by atoms with Gasteiger partial charge < -0.3 is 4.74 Å². The molecule has 2 aromatic carbocycles. The Kier molecular flexibility index (Phi) is 5.94. The summed E-state index contributed by atoms with van der Waals surface area (Å²) in [5.74, 6) is 0.888. The van der Waals surface area contributed by atoms with E-state index >= 15 is 0 Å². The first-order valence-electron chi connectivity index (χ1n) is 7.84. The van der Waals surface area contributed by atoms with Crippen molar-refractivity contribution < 1.29 is 9.53 Å². The number of rotatable bonds is 6. The topological polar surface area (TPSA) is 50.1 Å². The molecule has 0 aliphatic carbocycles. The molecule has 3 nitrogen and oxygen atoms in total. The molecule has 0 aromatic heterocycles. The number of benzene rings is 2. The quantitative estimate of drug-likeness (QED) is 0.575. The summed E-state index contributed by atoms with van der Waals surface area (Å²) in [6.45, 7) is 4.31. The van der Waals surface area contributed by atoms with Gasteiger partial charge >= 0.3 is 5.97 Å². The van der Waals surface area contributed by atoms with Crippen LogP contribution in [0.15, 0.2) is 54.6 Å². The molecule has 0 heterocycles. The largest absolute Gasteiger partial charge is 0.427 e. The summed E-state index contributed by atoms with van der Waals surface area (Å²) < 4.78 is 5.40. The number of nitriles is 1. The summed E-state index contributed by atoms with van der Waals surface area (Å²) in [7, 11) is 0. The molecule has 1 atom stereocenters. The van der Waals surface area contributed by atoms with Gasteiger partial charge in [-0.25, -0.2) is 0 Å². The Morgan fingerprint density at radius 3 is 2.30 bits per heavy atom. The van der Waals surface area contributed by atoms with Crippen molar-refractivity contribution in [2.24, 2.45) is 5.92 Å². The third kappa shape index (κ3) is 5.27. The lowest BCUT2D eigenvalue weighted by atomic mass is 9.88. The summed E-state index contributed by atoms with van der Waals surface area (Å²) in [6.07, 6.45) is 1.29. The SMILES string of the molecule is CC(C)CC(CC(=O)Oc1ccc(C#N)cc1)c1ccccc1. The van der Waals surface area contributed by atoms with Crippen molar-refractivity contribution in [3.8, 4) is 11.8 Å². The van der Waals surface area contributed by atoms with E-state index in [1.165, 1.54) is 0 Å². The maximum absolute atomic E-state index is 12.2. The van der Waals surface area contributed by atoms with Crippen LogP contribution < -0.4 is 4.74 Å². The highest BCUT2D eigenvalue weighted by atomic mass is 16.5. The van der Waals surface area contributed by atoms with Crippen molar-refractivity contribution in [1.29, 1.82) is 5.26 Å². The first-order valence-corrected chi connectivity index (χ1v) is 7.84. The molecule has 118 valence electrons. The van der Waals surface area contributed by atoms with Crippen LogP contribution in [-0.4, -0.2) is 5.97 Å². The van der Waals surface area contributed by atoms with Crippen molar-refractivity contribution in [2.45, 2.75) is 32.6 Å². The minimum atomic E-state index is -0.246. The van der Waals surface area contributed by atoms with Crippen LogP contribution in [0, 0.1) is 17.2 Å². The lowest BCUT2D eigenvalue weighted by molar-refractivity contribution is -0.134. The van der Waals surface area contributed by atoms with E-state index in [1.807, 2.05) is 24.3 Å². The van der Waals surface area contributed by atoms with E-state index in [4.69, 9.17) is 10.00 Å². The molecule has 0 N–H and O–H groups in total. The fraction of sp³-hybridized carbons (Fsp3) is 0.300. The highest BCUT2D eigenvalue weighted by Gasteiger charge is 2.18. The molecule has 0 aliphatic heterocycles. The summed E-state index contributed by atoms with van der Waals surface area (Å²) in [4.78, 5) is 12.2. The Bertz CT molecular complexity index is 669. The number of hydrogen-bond donors (Lipinski definition) is 0. The second-order valence-electron chi connectivity index (χ2n) is 6.05. The smallest absolute Gasteiger partial charge is 0.311 e. The summed E-state index contributed by atoms with van der Waals surface area (Å²) in [5, 5.41) is 8.78. The third-order valence-corrected chi connectivity index (χ3v) is 3.66. The number of hydrogen-bond acceptors (Lipinski definition) is 3. The number of esters is 1. The Morgan fingerprint density at radius 1 is 1.09 bits per heavy atom. The van der Waals surface area contributed by atoms with Crippen molar-refractivity contribution in [3.05, 3.63) is 65.7 Å². The normalized spacial score (nSPS) is 11.7. The van der Waals surface area contributed by atoms with Gasteiger partial charge in [0.2, 0.25) is 0 Å². The third-order valence-electron chi connectivity index (χ3n) is 3.66. The van der Waals surface area contributed by atoms with E-state index in [0.29, 0.717) is 23.7 Å². The molecular formula is C20H21NO2. The predicted octanol–water partition coefficient (Wildman–Crippen LogP) is 4.68. The summed E-state index contributed by atoms with van der Waals surface area (Å²) in [6, 6.07) is 18.7. The van der Waals surface area contributed by atoms with Gasteiger partial charge in [0.05, 0.1) is 18.1 Å². The van der Waals surface area contributed by atoms with Gasteiger partial charge in [0.25, 0.3) is 0 Å². The molecule has 0 amide bonds. The molecule has 2 aromatic rings. The van der Waals surface area contributed by atoms with E-state index in [9.17, 15) is 4.79 Å². The highest BCUT2D eigenvalue weighted by Crippen LogP contribution is 2.27. The van der Waals surface area contributed by atoms with E-state index in [2.05, 4.69) is 26.0 Å². The molecule has 0 saturated carbocycles. The van der Waals surface area contributed by atoms with Crippen LogP contribution in [0.3, 0.4) is 0 Å². The van der Waals surface area contributed by atoms with Crippen LogP contribution in [-0.2, 0) is 4.79 Å². The molecule has 0 spiro atoms. The van der Waals surface area contributed by atoms with Gasteiger partial charge in [0.1, 0.15) is 5.75 Å². The predicted molar refractivity (Wildman–Crippen MR) is 90.0 cm³/mol. The molecule has 0 bridgehead atoms. The molecule has 0 saturated heterocycles. The van der Waals surface area contributed by atoms with Crippen LogP contribution in [0.25, 0.3) is 0 Å². The van der Waals surface area contributed by atoms with Gasteiger partial charge in [0, 0.05) is 0 Å². The van der Waals surface area contributed by atoms with Crippen LogP contribution in [0.4, 0.5) is 0 Å². The average molecular weight is 307 g/mol. The lowest BCUT2D eigenvalue weighted by Gasteiger charge is -2.18. The van der Waals surface area contributed by atoms with Gasteiger partial charge in [0.15, 0.2) is 0 Å². The van der Waals surface area contributed by atoms with E-state index < -0.39 is 0 Å². The molecule has 0 fully saturated rings. The van der Waals surface area contributed by atoms with Gasteiger partial charge in [-0.3, -0.25) is 4.79 Å². The molecular weight excluding hydrogens is 286 g/mol. The molecule has 0 radical (unpaired) electrons. The molecule has 23 heavy (non-hydrogen) atoms. The summed E-state index contributed by atoms with van der Waals surface area (Å²) in [5.41, 5.74) is 1.71. The highest BCUT2D eigenvalue weighted by molar-refractivity contribution is 5.73. The summed E-state index contributed by atoms with van der Waals surface area (Å²) >= 11 is 0. The Labute approximate surface area is 137 Å². The van der Waals surface area contributed by atoms with Gasteiger partial charge in [-0.1, -0.05) is 44.2 Å². The van der Waals surface area contributed by atoms with Crippen molar-refractivity contribution >= 4 is 5.97 Å². The van der Waals surface area contributed by atoms with E-state index in [1.54, 1.807) is 24.3 Å². The minimum Gasteiger partial charge on any atom is -0.427 e. The second-order valence-corrected chi connectivity index (χ2v) is 6.05. The van der Waals surface area contributed by atoms with Crippen LogP contribution in [0.5, 0.6) is 5.75 Å². The Morgan fingerprint density at radius 2 is 1.74 bits per heavy atom. The lowest BCUT2D eigenvalue weighted by Crippen LogP contribution is -2.14. The molecule has 3 heteroatoms. The first-order chi connectivity index (χ1) is 11.1. The number of carbonyl (C=O) groups is 1. The monoisotopic (exact) mass is 307 g/mol. The maximum Gasteiger partial charge on any atom is 0.311 e. The van der Waals surface area contributed by atoms with E-state index in [-0.39, 0.29) is 11.9 Å². The number of nitrogens with zero attached hydrogens (tertiary/aromatic N) is 1. The van der Waals surface area contributed by atoms with Gasteiger partial charge in [-0.05, 0) is 48.1 Å². The number of carbonyl (C=O) groups excluding carboxylic acids is 1. The van der Waals surface area contributed by atoms with Crippen molar-refractivity contribution in [1.82, 2.24) is 0 Å². The van der Waals surface area contributed by atoms with Gasteiger partial charge in [-0.2, -0.15) is 5.26 Å². The van der Waals surface area contributed by atoms with Crippen molar-refractivity contribution in [3.63, 3.8) is 0 Å². The minimum absolute atomic E-state index is 0.155. The standard InChI is InChI=1S/C20H21NO2/c1-15(2)12-18(17-6-4-3-5-7-17)13-20(22)23-19-10-8-16(14-21)9-11-19/h3-11,15,18H,12-13H2,1-2H3. The molecule has 2 rings (SSSR count). The van der Waals surface area contributed by atoms with Gasteiger partial charge in [-0.15, -0.1) is 0 Å². The van der Waals surface area contributed by atoms with Crippen LogP contribution >= 0.6 is 0 Å². The van der Waals surface area contributed by atoms with Crippen molar-refractivity contribution in [2.75, 3.05) is 0 Å². The fourth-order valence-corrected chi connectivity index (χ4v) is 2.60. The maximum atomic E-state index is 12.2. The Hall–Kier alpha value is -2.60. The first kappa shape index (κ1) is 16.8. The fourth-order valence-electron chi connectivity index (χ4n) is 2.60. The zero-order valence-electron chi connectivity index (χ0n) is 13.5. The molecule has 0 aliphatic rings. The van der Waals surface area contributed by atoms with Crippen LogP contribution in [0.2, 0.25) is 0 Å². The molecule has 1 unspecified atom stereocenters. The zero-order chi connectivity index (χ0) is 16.7. The zero-order valence-corrected chi connectivity index (χ0v) is 13.5. The number of ether oxygens (including phenoxy) is 1. The Balaban J connectivity index is 2.03. The van der Waals surface area contributed by atoms with E-state index in [0.717, 1.165) is 12.0 Å². The van der Waals surface area contributed by atoms with Crippen LogP contribution in [0.1, 0.15) is 43.7 Å². The second kappa shape index (κ2) is 8.14.